The Morgan fingerprint density at radius 1 is 1.03 bits per heavy atom. The van der Waals surface area contributed by atoms with Gasteiger partial charge in [0.2, 0.25) is 0 Å². The summed E-state index contributed by atoms with van der Waals surface area (Å²) in [6, 6.07) is 14.9. The SMILES string of the molecule is Cc1ccc(NS(=O)(=O)c2cccc(C(=O)NC(C)COc3ccc(F)cc3F)c2)cc1. The van der Waals surface area contributed by atoms with Crippen molar-refractivity contribution in [2.45, 2.75) is 24.8 Å². The summed E-state index contributed by atoms with van der Waals surface area (Å²) in [6.45, 7) is 3.46. The first kappa shape index (κ1) is 23.2. The summed E-state index contributed by atoms with van der Waals surface area (Å²) in [5.74, 6) is -2.22. The van der Waals surface area contributed by atoms with E-state index in [0.717, 1.165) is 17.7 Å². The quantitative estimate of drug-likeness (QED) is 0.526. The summed E-state index contributed by atoms with van der Waals surface area (Å²) in [6.07, 6.45) is 0. The number of carbonyl (C=O) groups excluding carboxylic acids is 1. The topological polar surface area (TPSA) is 84.5 Å². The molecular formula is C23H22F2N2O4S. The third-order valence-corrected chi connectivity index (χ3v) is 5.85. The standard InChI is InChI=1S/C23H22F2N2O4S/c1-15-6-9-19(10-7-15)27-32(29,30)20-5-3-4-17(12-20)23(28)26-16(2)14-31-22-11-8-18(24)13-21(22)25/h3-13,16,27H,14H2,1-2H3,(H,26,28). The van der Waals surface area contributed by atoms with Gasteiger partial charge in [0.1, 0.15) is 12.4 Å². The first-order chi connectivity index (χ1) is 15.1. The molecule has 0 bridgehead atoms. The summed E-state index contributed by atoms with van der Waals surface area (Å²) in [5, 5.41) is 2.66. The summed E-state index contributed by atoms with van der Waals surface area (Å²) < 4.78 is 59.7. The minimum atomic E-state index is -3.89. The second-order valence-corrected chi connectivity index (χ2v) is 8.94. The van der Waals surface area contributed by atoms with E-state index in [1.165, 1.54) is 24.3 Å². The van der Waals surface area contributed by atoms with Gasteiger partial charge in [-0.1, -0.05) is 23.8 Å². The lowest BCUT2D eigenvalue weighted by atomic mass is 10.2. The van der Waals surface area contributed by atoms with Gasteiger partial charge in [-0.05, 0) is 56.3 Å². The monoisotopic (exact) mass is 460 g/mol. The number of hydrogen-bond acceptors (Lipinski definition) is 4. The zero-order chi connectivity index (χ0) is 23.3. The Kier molecular flexibility index (Phi) is 7.09. The summed E-state index contributed by atoms with van der Waals surface area (Å²) in [4.78, 5) is 12.5. The van der Waals surface area contributed by atoms with Crippen LogP contribution in [0.5, 0.6) is 5.75 Å². The average molecular weight is 461 g/mol. The first-order valence-corrected chi connectivity index (χ1v) is 11.2. The summed E-state index contributed by atoms with van der Waals surface area (Å²) >= 11 is 0. The van der Waals surface area contributed by atoms with Crippen molar-refractivity contribution in [3.63, 3.8) is 0 Å². The normalized spacial score (nSPS) is 12.1. The second kappa shape index (κ2) is 9.78. The highest BCUT2D eigenvalue weighted by molar-refractivity contribution is 7.92. The van der Waals surface area contributed by atoms with Gasteiger partial charge in [-0.2, -0.15) is 0 Å². The minimum absolute atomic E-state index is 0.0667. The lowest BCUT2D eigenvalue weighted by molar-refractivity contribution is 0.0926. The molecule has 2 N–H and O–H groups in total. The number of carbonyl (C=O) groups is 1. The number of benzene rings is 3. The van der Waals surface area contributed by atoms with Gasteiger partial charge in [0.05, 0.1) is 10.9 Å². The molecular weight excluding hydrogens is 438 g/mol. The number of hydrogen-bond donors (Lipinski definition) is 2. The van der Waals surface area contributed by atoms with Gasteiger partial charge in [-0.3, -0.25) is 9.52 Å². The van der Waals surface area contributed by atoms with Crippen LogP contribution in [0, 0.1) is 18.6 Å². The van der Waals surface area contributed by atoms with Crippen LogP contribution in [0.4, 0.5) is 14.5 Å². The van der Waals surface area contributed by atoms with Crippen molar-refractivity contribution >= 4 is 21.6 Å². The number of rotatable bonds is 8. The number of nitrogens with one attached hydrogen (secondary N) is 2. The van der Waals surface area contributed by atoms with Crippen molar-refractivity contribution in [1.82, 2.24) is 5.32 Å². The Bertz CT molecular complexity index is 1210. The fourth-order valence-corrected chi connectivity index (χ4v) is 3.90. The van der Waals surface area contributed by atoms with E-state index in [4.69, 9.17) is 4.74 Å². The Balaban J connectivity index is 1.64. The average Bonchev–Trinajstić information content (AvgIpc) is 2.74. The van der Waals surface area contributed by atoms with Crippen molar-refractivity contribution in [3.8, 4) is 5.75 Å². The van der Waals surface area contributed by atoms with E-state index < -0.39 is 33.6 Å². The molecule has 3 aromatic carbocycles. The van der Waals surface area contributed by atoms with Gasteiger partial charge in [-0.25, -0.2) is 17.2 Å². The predicted octanol–water partition coefficient (Wildman–Crippen LogP) is 4.27. The van der Waals surface area contributed by atoms with Gasteiger partial charge in [0.25, 0.3) is 15.9 Å². The molecule has 0 aliphatic carbocycles. The fourth-order valence-electron chi connectivity index (χ4n) is 2.80. The van der Waals surface area contributed by atoms with Crippen LogP contribution in [-0.2, 0) is 10.0 Å². The number of aryl methyl sites for hydroxylation is 1. The molecule has 168 valence electrons. The van der Waals surface area contributed by atoms with E-state index in [1.54, 1.807) is 31.2 Å². The molecule has 0 aromatic heterocycles. The van der Waals surface area contributed by atoms with Crippen LogP contribution in [0.3, 0.4) is 0 Å². The van der Waals surface area contributed by atoms with Crippen LogP contribution in [0.25, 0.3) is 0 Å². The first-order valence-electron chi connectivity index (χ1n) is 9.72. The van der Waals surface area contributed by atoms with E-state index in [-0.39, 0.29) is 22.8 Å². The highest BCUT2D eigenvalue weighted by Crippen LogP contribution is 2.19. The second-order valence-electron chi connectivity index (χ2n) is 7.26. The van der Waals surface area contributed by atoms with E-state index >= 15 is 0 Å². The van der Waals surface area contributed by atoms with Gasteiger partial charge >= 0.3 is 0 Å². The molecule has 0 fully saturated rings. The van der Waals surface area contributed by atoms with E-state index in [1.807, 2.05) is 6.92 Å². The minimum Gasteiger partial charge on any atom is -0.488 e. The number of halogens is 2. The molecule has 3 aromatic rings. The van der Waals surface area contributed by atoms with Crippen LogP contribution in [0.2, 0.25) is 0 Å². The Labute approximate surface area is 185 Å². The van der Waals surface area contributed by atoms with Crippen molar-refractivity contribution in [1.29, 1.82) is 0 Å². The molecule has 0 saturated heterocycles. The highest BCUT2D eigenvalue weighted by Gasteiger charge is 2.18. The molecule has 0 radical (unpaired) electrons. The van der Waals surface area contributed by atoms with Crippen molar-refractivity contribution in [2.75, 3.05) is 11.3 Å². The third kappa shape index (κ3) is 6.04. The number of amides is 1. The van der Waals surface area contributed by atoms with Crippen molar-refractivity contribution in [3.05, 3.63) is 89.5 Å². The summed E-state index contributed by atoms with van der Waals surface area (Å²) in [7, 11) is -3.89. The molecule has 32 heavy (non-hydrogen) atoms. The molecule has 0 aliphatic rings. The van der Waals surface area contributed by atoms with E-state index in [0.29, 0.717) is 11.8 Å². The van der Waals surface area contributed by atoms with Crippen LogP contribution in [0.15, 0.2) is 71.6 Å². The number of anilines is 1. The number of ether oxygens (including phenoxy) is 1. The smallest absolute Gasteiger partial charge is 0.261 e. The predicted molar refractivity (Wildman–Crippen MR) is 117 cm³/mol. The maximum Gasteiger partial charge on any atom is 0.261 e. The molecule has 9 heteroatoms. The lowest BCUT2D eigenvalue weighted by Crippen LogP contribution is -2.37. The van der Waals surface area contributed by atoms with Crippen molar-refractivity contribution < 1.29 is 26.7 Å². The molecule has 0 aliphatic heterocycles. The van der Waals surface area contributed by atoms with Crippen LogP contribution in [0.1, 0.15) is 22.8 Å². The fraction of sp³-hybridized carbons (Fsp3) is 0.174. The Hall–Kier alpha value is -3.46. The Morgan fingerprint density at radius 3 is 2.44 bits per heavy atom. The zero-order valence-electron chi connectivity index (χ0n) is 17.4. The number of sulfonamides is 1. The van der Waals surface area contributed by atoms with Gasteiger partial charge in [0.15, 0.2) is 11.6 Å². The van der Waals surface area contributed by atoms with Crippen LogP contribution in [-0.4, -0.2) is 27.0 Å². The van der Waals surface area contributed by atoms with E-state index in [2.05, 4.69) is 10.0 Å². The maximum atomic E-state index is 13.6. The van der Waals surface area contributed by atoms with Crippen molar-refractivity contribution in [2.24, 2.45) is 0 Å². The molecule has 0 saturated carbocycles. The Morgan fingerprint density at radius 2 is 1.75 bits per heavy atom. The van der Waals surface area contributed by atoms with Crippen LogP contribution < -0.4 is 14.8 Å². The molecule has 0 heterocycles. The zero-order valence-corrected chi connectivity index (χ0v) is 18.2. The molecule has 1 amide bonds. The highest BCUT2D eigenvalue weighted by atomic mass is 32.2. The summed E-state index contributed by atoms with van der Waals surface area (Å²) in [5.41, 5.74) is 1.53. The van der Waals surface area contributed by atoms with Gasteiger partial charge in [-0.15, -0.1) is 0 Å². The van der Waals surface area contributed by atoms with E-state index in [9.17, 15) is 22.0 Å². The van der Waals surface area contributed by atoms with Gasteiger partial charge < -0.3 is 10.1 Å². The molecule has 1 atom stereocenters. The lowest BCUT2D eigenvalue weighted by Gasteiger charge is -2.16. The molecule has 0 spiro atoms. The maximum absolute atomic E-state index is 13.6. The molecule has 1 unspecified atom stereocenters. The molecule has 6 nitrogen and oxygen atoms in total. The molecule has 3 rings (SSSR count). The largest absolute Gasteiger partial charge is 0.488 e. The van der Waals surface area contributed by atoms with Gasteiger partial charge in [0, 0.05) is 17.3 Å². The van der Waals surface area contributed by atoms with Crippen LogP contribution >= 0.6 is 0 Å². The third-order valence-electron chi connectivity index (χ3n) is 4.47.